The van der Waals surface area contributed by atoms with Crippen molar-refractivity contribution in [3.63, 3.8) is 0 Å². The molecule has 1 aromatic heterocycles. The number of unbranched alkanes of at least 4 members (excludes halogenated alkanes) is 1. The summed E-state index contributed by atoms with van der Waals surface area (Å²) in [5.41, 5.74) is 0.155. The summed E-state index contributed by atoms with van der Waals surface area (Å²) in [5, 5.41) is 0. The highest BCUT2D eigenvalue weighted by Crippen LogP contribution is 2.20. The van der Waals surface area contributed by atoms with Crippen molar-refractivity contribution < 1.29 is 22.7 Å². The molecular formula is C16H18F2N2O3. The number of nitrogens with zero attached hydrogens (tertiary/aromatic N) is 2. The maximum absolute atomic E-state index is 13.5. The third-order valence-corrected chi connectivity index (χ3v) is 3.23. The van der Waals surface area contributed by atoms with Gasteiger partial charge in [0.2, 0.25) is 11.7 Å². The number of oxazole rings is 1. The monoisotopic (exact) mass is 324 g/mol. The zero-order valence-corrected chi connectivity index (χ0v) is 13.0. The number of hydrogen-bond donors (Lipinski definition) is 0. The number of rotatable bonds is 7. The maximum Gasteiger partial charge on any atom is 0.275 e. The molecule has 0 bridgehead atoms. The van der Waals surface area contributed by atoms with Crippen LogP contribution in [0.2, 0.25) is 0 Å². The first-order valence-corrected chi connectivity index (χ1v) is 7.29. The van der Waals surface area contributed by atoms with E-state index < -0.39 is 11.6 Å². The van der Waals surface area contributed by atoms with E-state index in [1.807, 2.05) is 6.92 Å². The van der Waals surface area contributed by atoms with Crippen LogP contribution in [0.3, 0.4) is 0 Å². The molecule has 0 fully saturated rings. The largest absolute Gasteiger partial charge is 0.481 e. The Kier molecular flexibility index (Phi) is 5.67. The highest BCUT2D eigenvalue weighted by molar-refractivity contribution is 5.91. The number of aromatic nitrogens is 1. The summed E-state index contributed by atoms with van der Waals surface area (Å²) in [4.78, 5) is 17.7. The number of hydrogen-bond acceptors (Lipinski definition) is 4. The second-order valence-corrected chi connectivity index (χ2v) is 5.05. The standard InChI is InChI=1S/C16H18F2N2O3/c1-3-4-8-20(2)16(21)12-9-23-14(19-12)10-22-13-7-5-6-11(17)15(13)18/h5-7,9H,3-4,8,10H2,1-2H3. The summed E-state index contributed by atoms with van der Waals surface area (Å²) in [6.07, 6.45) is 3.11. The van der Waals surface area contributed by atoms with Crippen LogP contribution in [0.15, 0.2) is 28.9 Å². The zero-order chi connectivity index (χ0) is 16.8. The van der Waals surface area contributed by atoms with E-state index in [0.717, 1.165) is 18.9 Å². The van der Waals surface area contributed by atoms with E-state index in [0.29, 0.717) is 6.54 Å². The van der Waals surface area contributed by atoms with Crippen molar-refractivity contribution in [2.75, 3.05) is 13.6 Å². The van der Waals surface area contributed by atoms with Gasteiger partial charge in [0.25, 0.3) is 5.91 Å². The lowest BCUT2D eigenvalue weighted by Gasteiger charge is -2.14. The fraction of sp³-hybridized carbons (Fsp3) is 0.375. The number of carbonyl (C=O) groups excluding carboxylic acids is 1. The first kappa shape index (κ1) is 16.9. The van der Waals surface area contributed by atoms with E-state index >= 15 is 0 Å². The van der Waals surface area contributed by atoms with Gasteiger partial charge in [-0.1, -0.05) is 19.4 Å². The zero-order valence-electron chi connectivity index (χ0n) is 13.0. The lowest BCUT2D eigenvalue weighted by molar-refractivity contribution is 0.0787. The van der Waals surface area contributed by atoms with Crippen molar-refractivity contribution in [1.82, 2.24) is 9.88 Å². The van der Waals surface area contributed by atoms with Crippen LogP contribution in [-0.4, -0.2) is 29.4 Å². The molecule has 1 heterocycles. The Morgan fingerprint density at radius 2 is 2.17 bits per heavy atom. The molecule has 1 aromatic carbocycles. The quantitative estimate of drug-likeness (QED) is 0.783. The lowest BCUT2D eigenvalue weighted by Crippen LogP contribution is -2.27. The molecule has 0 aliphatic carbocycles. The summed E-state index contributed by atoms with van der Waals surface area (Å²) in [7, 11) is 1.69. The third kappa shape index (κ3) is 4.28. The third-order valence-electron chi connectivity index (χ3n) is 3.23. The molecule has 0 saturated heterocycles. The number of carbonyl (C=O) groups is 1. The predicted molar refractivity (Wildman–Crippen MR) is 79.1 cm³/mol. The predicted octanol–water partition coefficient (Wildman–Crippen LogP) is 3.40. The molecule has 2 rings (SSSR count). The van der Waals surface area contributed by atoms with Crippen molar-refractivity contribution in [3.8, 4) is 5.75 Å². The number of ether oxygens (including phenoxy) is 1. The Morgan fingerprint density at radius 1 is 1.39 bits per heavy atom. The molecule has 0 aliphatic heterocycles. The van der Waals surface area contributed by atoms with Gasteiger partial charge in [0.1, 0.15) is 6.26 Å². The molecule has 5 nitrogen and oxygen atoms in total. The smallest absolute Gasteiger partial charge is 0.275 e. The second-order valence-electron chi connectivity index (χ2n) is 5.05. The molecule has 0 spiro atoms. The van der Waals surface area contributed by atoms with Crippen LogP contribution >= 0.6 is 0 Å². The van der Waals surface area contributed by atoms with Gasteiger partial charge < -0.3 is 14.1 Å². The SMILES string of the molecule is CCCCN(C)C(=O)c1coc(COc2cccc(F)c2F)n1. The van der Waals surface area contributed by atoms with Crippen molar-refractivity contribution in [1.29, 1.82) is 0 Å². The Labute approximate surface area is 132 Å². The summed E-state index contributed by atoms with van der Waals surface area (Å²) < 4.78 is 36.8. The van der Waals surface area contributed by atoms with Crippen molar-refractivity contribution in [2.45, 2.75) is 26.4 Å². The lowest BCUT2D eigenvalue weighted by atomic mass is 10.3. The van der Waals surface area contributed by atoms with Gasteiger partial charge in [0.05, 0.1) is 0 Å². The van der Waals surface area contributed by atoms with Crippen molar-refractivity contribution in [2.24, 2.45) is 0 Å². The molecule has 23 heavy (non-hydrogen) atoms. The minimum atomic E-state index is -1.07. The fourth-order valence-corrected chi connectivity index (χ4v) is 1.90. The summed E-state index contributed by atoms with van der Waals surface area (Å²) in [5.74, 6) is -2.46. The average molecular weight is 324 g/mol. The van der Waals surface area contributed by atoms with Crippen LogP contribution in [-0.2, 0) is 6.61 Å². The molecule has 0 radical (unpaired) electrons. The van der Waals surface area contributed by atoms with Gasteiger partial charge in [-0.3, -0.25) is 4.79 Å². The maximum atomic E-state index is 13.5. The van der Waals surface area contributed by atoms with E-state index in [9.17, 15) is 13.6 Å². The normalized spacial score (nSPS) is 10.6. The number of benzene rings is 1. The number of halogens is 2. The van der Waals surface area contributed by atoms with E-state index in [4.69, 9.17) is 9.15 Å². The van der Waals surface area contributed by atoms with E-state index in [-0.39, 0.29) is 29.8 Å². The van der Waals surface area contributed by atoms with Gasteiger partial charge >= 0.3 is 0 Å². The topological polar surface area (TPSA) is 55.6 Å². The molecule has 0 unspecified atom stereocenters. The minimum absolute atomic E-state index is 0.112. The van der Waals surface area contributed by atoms with Crippen LogP contribution in [0.1, 0.15) is 36.1 Å². The Bertz CT molecular complexity index is 673. The van der Waals surface area contributed by atoms with Crippen molar-refractivity contribution >= 4 is 5.91 Å². The van der Waals surface area contributed by atoms with E-state index in [1.165, 1.54) is 18.4 Å². The van der Waals surface area contributed by atoms with E-state index in [2.05, 4.69) is 4.98 Å². The van der Waals surface area contributed by atoms with Crippen molar-refractivity contribution in [3.05, 3.63) is 47.7 Å². The summed E-state index contributed by atoms with van der Waals surface area (Å²) in [6.45, 7) is 2.46. The van der Waals surface area contributed by atoms with Gasteiger partial charge in [-0.15, -0.1) is 0 Å². The Morgan fingerprint density at radius 3 is 2.91 bits per heavy atom. The second kappa shape index (κ2) is 7.71. The molecule has 0 aliphatic rings. The molecular weight excluding hydrogens is 306 g/mol. The molecule has 0 saturated carbocycles. The van der Waals surface area contributed by atoms with Crippen LogP contribution < -0.4 is 4.74 Å². The first-order chi connectivity index (χ1) is 11.0. The Hall–Kier alpha value is -2.44. The summed E-state index contributed by atoms with van der Waals surface area (Å²) >= 11 is 0. The Balaban J connectivity index is 1.97. The van der Waals surface area contributed by atoms with Crippen LogP contribution in [0.5, 0.6) is 5.75 Å². The van der Waals surface area contributed by atoms with Crippen LogP contribution in [0.4, 0.5) is 8.78 Å². The molecule has 0 N–H and O–H groups in total. The van der Waals surface area contributed by atoms with Gasteiger partial charge in [0, 0.05) is 13.6 Å². The van der Waals surface area contributed by atoms with Gasteiger partial charge in [-0.25, -0.2) is 9.37 Å². The summed E-state index contributed by atoms with van der Waals surface area (Å²) in [6, 6.07) is 3.63. The minimum Gasteiger partial charge on any atom is -0.481 e. The fourth-order valence-electron chi connectivity index (χ4n) is 1.90. The van der Waals surface area contributed by atoms with Crippen LogP contribution in [0.25, 0.3) is 0 Å². The van der Waals surface area contributed by atoms with Gasteiger partial charge in [-0.05, 0) is 18.6 Å². The van der Waals surface area contributed by atoms with Gasteiger partial charge in [-0.2, -0.15) is 4.39 Å². The van der Waals surface area contributed by atoms with Crippen LogP contribution in [0, 0.1) is 11.6 Å². The molecule has 7 heteroatoms. The average Bonchev–Trinajstić information content (AvgIpc) is 3.02. The van der Waals surface area contributed by atoms with Gasteiger partial charge in [0.15, 0.2) is 23.9 Å². The first-order valence-electron chi connectivity index (χ1n) is 7.29. The molecule has 2 aromatic rings. The molecule has 1 amide bonds. The molecule has 124 valence electrons. The highest BCUT2D eigenvalue weighted by Gasteiger charge is 2.17. The molecule has 0 atom stereocenters. The number of amides is 1. The van der Waals surface area contributed by atoms with E-state index in [1.54, 1.807) is 11.9 Å². The highest BCUT2D eigenvalue weighted by atomic mass is 19.2.